The van der Waals surface area contributed by atoms with Crippen LogP contribution in [0.5, 0.6) is 0 Å². The number of hydrogen-bond donors (Lipinski definition) is 0. The van der Waals surface area contributed by atoms with Crippen LogP contribution in [0.3, 0.4) is 0 Å². The number of halogens is 1. The minimum Gasteiger partial charge on any atom is -0.127 e. The number of hydrogen-bond acceptors (Lipinski definition) is 1. The first-order chi connectivity index (χ1) is 6.33. The van der Waals surface area contributed by atoms with Gasteiger partial charge in [0.15, 0.2) is 0 Å². The predicted octanol–water partition coefficient (Wildman–Crippen LogP) is 4.31. The van der Waals surface area contributed by atoms with Gasteiger partial charge in [-0.25, -0.2) is 0 Å². The third-order valence-electron chi connectivity index (χ3n) is 1.59. The van der Waals surface area contributed by atoms with Gasteiger partial charge in [0.25, 0.3) is 0 Å². The molecule has 2 heteroatoms. The van der Waals surface area contributed by atoms with Crippen LogP contribution in [0.2, 0.25) is 0 Å². The second kappa shape index (κ2) is 6.11. The Balaban J connectivity index is 2.37. The van der Waals surface area contributed by atoms with E-state index in [1.165, 1.54) is 9.80 Å². The van der Waals surface area contributed by atoms with Crippen molar-refractivity contribution >= 4 is 23.4 Å². The summed E-state index contributed by atoms with van der Waals surface area (Å²) >= 11 is 7.33. The summed E-state index contributed by atoms with van der Waals surface area (Å²) in [5, 5.41) is 0. The number of benzene rings is 1. The molecule has 0 saturated carbocycles. The lowest BCUT2D eigenvalue weighted by molar-refractivity contribution is 0.957. The first-order valence-electron chi connectivity index (χ1n) is 4.29. The average Bonchev–Trinajstić information content (AvgIpc) is 2.16. The molecule has 1 aromatic carbocycles. The van der Waals surface area contributed by atoms with Gasteiger partial charge in [0.1, 0.15) is 0 Å². The van der Waals surface area contributed by atoms with Gasteiger partial charge in [-0.1, -0.05) is 36.5 Å². The Morgan fingerprint density at radius 2 is 2.00 bits per heavy atom. The molecule has 1 aromatic rings. The number of rotatable bonds is 5. The minimum atomic E-state index is 0.717. The van der Waals surface area contributed by atoms with Crippen molar-refractivity contribution in [3.05, 3.63) is 41.8 Å². The van der Waals surface area contributed by atoms with Gasteiger partial charge in [0, 0.05) is 10.8 Å². The molecule has 13 heavy (non-hydrogen) atoms. The highest BCUT2D eigenvalue weighted by Gasteiger charge is 1.96. The lowest BCUT2D eigenvalue weighted by Gasteiger charge is -2.03. The van der Waals surface area contributed by atoms with Crippen LogP contribution in [0.4, 0.5) is 0 Å². The third kappa shape index (κ3) is 4.39. The quantitative estimate of drug-likeness (QED) is 0.518. The van der Waals surface area contributed by atoms with E-state index in [-0.39, 0.29) is 0 Å². The highest BCUT2D eigenvalue weighted by molar-refractivity contribution is 8.03. The molecule has 1 rings (SSSR count). The van der Waals surface area contributed by atoms with Crippen LogP contribution < -0.4 is 0 Å². The smallest absolute Gasteiger partial charge is 0.0226 e. The summed E-state index contributed by atoms with van der Waals surface area (Å²) in [6, 6.07) is 10.3. The molecule has 0 bridgehead atoms. The minimum absolute atomic E-state index is 0.717. The zero-order chi connectivity index (χ0) is 9.52. The molecular formula is C11H13ClS. The molecule has 0 amide bonds. The molecule has 70 valence electrons. The summed E-state index contributed by atoms with van der Waals surface area (Å²) in [6.07, 6.45) is 2.02. The van der Waals surface area contributed by atoms with Gasteiger partial charge < -0.3 is 0 Å². The van der Waals surface area contributed by atoms with Crippen molar-refractivity contribution in [1.82, 2.24) is 0 Å². The third-order valence-corrected chi connectivity index (χ3v) is 2.86. The van der Waals surface area contributed by atoms with E-state index in [0.717, 1.165) is 12.8 Å². The molecule has 0 heterocycles. The van der Waals surface area contributed by atoms with Crippen molar-refractivity contribution in [2.24, 2.45) is 0 Å². The maximum atomic E-state index is 5.60. The standard InChI is InChI=1S/C11H13ClS/c1-10(6-5-9-12)13-11-7-3-2-4-8-11/h2-4,7-8H,1,5-6,9H2. The molecule has 0 aromatic heterocycles. The molecule has 0 aliphatic heterocycles. The lowest BCUT2D eigenvalue weighted by atomic mass is 10.3. The van der Waals surface area contributed by atoms with E-state index in [1.807, 2.05) is 18.2 Å². The van der Waals surface area contributed by atoms with Gasteiger partial charge in [-0.3, -0.25) is 0 Å². The van der Waals surface area contributed by atoms with Crippen LogP contribution in [-0.2, 0) is 0 Å². The number of thioether (sulfide) groups is 1. The normalized spacial score (nSPS) is 9.92. The SMILES string of the molecule is C=C(CCCCl)Sc1ccccc1. The van der Waals surface area contributed by atoms with Gasteiger partial charge in [0.05, 0.1) is 0 Å². The Labute approximate surface area is 89.0 Å². The Kier molecular flexibility index (Phi) is 5.02. The number of allylic oxidation sites excluding steroid dienone is 1. The highest BCUT2D eigenvalue weighted by Crippen LogP contribution is 2.27. The van der Waals surface area contributed by atoms with Crippen LogP contribution in [0, 0.1) is 0 Å². The van der Waals surface area contributed by atoms with Crippen LogP contribution in [0.25, 0.3) is 0 Å². The van der Waals surface area contributed by atoms with E-state index in [2.05, 4.69) is 18.7 Å². The summed E-state index contributed by atoms with van der Waals surface area (Å²) in [5.41, 5.74) is 0. The number of alkyl halides is 1. The fourth-order valence-corrected chi connectivity index (χ4v) is 1.98. The van der Waals surface area contributed by atoms with Crippen molar-refractivity contribution < 1.29 is 0 Å². The van der Waals surface area contributed by atoms with Crippen LogP contribution >= 0.6 is 23.4 Å². The van der Waals surface area contributed by atoms with Crippen molar-refractivity contribution in [2.45, 2.75) is 17.7 Å². The second-order valence-corrected chi connectivity index (χ2v) is 4.38. The van der Waals surface area contributed by atoms with Gasteiger partial charge in [0.2, 0.25) is 0 Å². The van der Waals surface area contributed by atoms with E-state index >= 15 is 0 Å². The van der Waals surface area contributed by atoms with E-state index in [4.69, 9.17) is 11.6 Å². The van der Waals surface area contributed by atoms with Crippen LogP contribution in [0.15, 0.2) is 46.7 Å². The fraction of sp³-hybridized carbons (Fsp3) is 0.273. The monoisotopic (exact) mass is 212 g/mol. The fourth-order valence-electron chi connectivity index (χ4n) is 0.970. The first-order valence-corrected chi connectivity index (χ1v) is 5.64. The Bertz CT molecular complexity index is 256. The maximum absolute atomic E-state index is 5.60. The van der Waals surface area contributed by atoms with E-state index in [0.29, 0.717) is 5.88 Å². The molecule has 0 radical (unpaired) electrons. The molecule has 0 atom stereocenters. The Morgan fingerprint density at radius 1 is 1.31 bits per heavy atom. The zero-order valence-electron chi connectivity index (χ0n) is 7.50. The Morgan fingerprint density at radius 3 is 2.62 bits per heavy atom. The van der Waals surface area contributed by atoms with Crippen molar-refractivity contribution in [2.75, 3.05) is 5.88 Å². The molecule has 0 nitrogen and oxygen atoms in total. The topological polar surface area (TPSA) is 0 Å². The van der Waals surface area contributed by atoms with Crippen molar-refractivity contribution in [1.29, 1.82) is 0 Å². The van der Waals surface area contributed by atoms with Gasteiger partial charge in [-0.15, -0.1) is 11.6 Å². The first kappa shape index (κ1) is 10.7. The van der Waals surface area contributed by atoms with Crippen LogP contribution in [-0.4, -0.2) is 5.88 Å². The highest BCUT2D eigenvalue weighted by atomic mass is 35.5. The molecule has 0 unspecified atom stereocenters. The van der Waals surface area contributed by atoms with Gasteiger partial charge >= 0.3 is 0 Å². The summed E-state index contributed by atoms with van der Waals surface area (Å²) in [4.78, 5) is 2.44. The molecule has 0 saturated heterocycles. The van der Waals surface area contributed by atoms with Crippen molar-refractivity contribution in [3.63, 3.8) is 0 Å². The molecular weight excluding hydrogens is 200 g/mol. The average molecular weight is 213 g/mol. The maximum Gasteiger partial charge on any atom is 0.0226 e. The van der Waals surface area contributed by atoms with Crippen molar-refractivity contribution in [3.8, 4) is 0 Å². The van der Waals surface area contributed by atoms with E-state index in [9.17, 15) is 0 Å². The molecule has 0 spiro atoms. The summed E-state index contributed by atoms with van der Waals surface area (Å²) in [6.45, 7) is 3.99. The summed E-state index contributed by atoms with van der Waals surface area (Å²) < 4.78 is 0. The summed E-state index contributed by atoms with van der Waals surface area (Å²) in [7, 11) is 0. The molecule has 0 aliphatic rings. The molecule has 0 fully saturated rings. The lowest BCUT2D eigenvalue weighted by Crippen LogP contribution is -1.78. The summed E-state index contributed by atoms with van der Waals surface area (Å²) in [5.74, 6) is 0.717. The van der Waals surface area contributed by atoms with E-state index < -0.39 is 0 Å². The second-order valence-electron chi connectivity index (χ2n) is 2.75. The Hall–Kier alpha value is -0.400. The largest absolute Gasteiger partial charge is 0.127 e. The predicted molar refractivity (Wildman–Crippen MR) is 61.4 cm³/mol. The van der Waals surface area contributed by atoms with Gasteiger partial charge in [-0.2, -0.15) is 0 Å². The van der Waals surface area contributed by atoms with Crippen LogP contribution in [0.1, 0.15) is 12.8 Å². The molecule has 0 N–H and O–H groups in total. The zero-order valence-corrected chi connectivity index (χ0v) is 9.07. The molecule has 0 aliphatic carbocycles. The van der Waals surface area contributed by atoms with E-state index in [1.54, 1.807) is 11.8 Å². The van der Waals surface area contributed by atoms with Gasteiger partial charge in [-0.05, 0) is 29.9 Å².